The van der Waals surface area contributed by atoms with Crippen molar-refractivity contribution in [2.45, 2.75) is 52.0 Å². The van der Waals surface area contributed by atoms with Crippen LogP contribution in [0.4, 0.5) is 4.79 Å². The molecule has 1 heterocycles. The molecule has 23 heavy (non-hydrogen) atoms. The van der Waals surface area contributed by atoms with Gasteiger partial charge in [0.25, 0.3) is 0 Å². The van der Waals surface area contributed by atoms with Gasteiger partial charge in [-0.3, -0.25) is 9.69 Å². The first-order chi connectivity index (χ1) is 11.1. The predicted molar refractivity (Wildman–Crippen MR) is 89.2 cm³/mol. The first kappa shape index (κ1) is 18.0. The van der Waals surface area contributed by atoms with Crippen LogP contribution in [-0.4, -0.2) is 67.2 Å². The van der Waals surface area contributed by atoms with Gasteiger partial charge in [-0.1, -0.05) is 19.3 Å². The Kier molecular flexibility index (Phi) is 7.15. The van der Waals surface area contributed by atoms with Crippen molar-refractivity contribution in [3.05, 3.63) is 0 Å². The van der Waals surface area contributed by atoms with Gasteiger partial charge in [-0.15, -0.1) is 0 Å². The van der Waals surface area contributed by atoms with E-state index in [1.54, 1.807) is 4.90 Å². The van der Waals surface area contributed by atoms with Crippen molar-refractivity contribution in [2.75, 3.05) is 39.3 Å². The van der Waals surface area contributed by atoms with Crippen LogP contribution in [0.3, 0.4) is 0 Å². The molecule has 0 bridgehead atoms. The average Bonchev–Trinajstić information content (AvgIpc) is 2.60. The summed E-state index contributed by atoms with van der Waals surface area (Å²) in [4.78, 5) is 27.9. The zero-order valence-electron chi connectivity index (χ0n) is 14.6. The molecule has 132 valence electrons. The molecular weight excluding hydrogens is 294 g/mol. The first-order valence-electron chi connectivity index (χ1n) is 9.05. The van der Waals surface area contributed by atoms with Gasteiger partial charge in [-0.2, -0.15) is 0 Å². The lowest BCUT2D eigenvalue weighted by molar-refractivity contribution is -0.126. The maximum atomic E-state index is 12.3. The van der Waals surface area contributed by atoms with Crippen LogP contribution >= 0.6 is 0 Å². The Morgan fingerprint density at radius 1 is 1.13 bits per heavy atom. The van der Waals surface area contributed by atoms with Gasteiger partial charge in [-0.05, 0) is 32.6 Å². The van der Waals surface area contributed by atoms with E-state index in [4.69, 9.17) is 4.74 Å². The molecule has 0 aromatic carbocycles. The highest BCUT2D eigenvalue weighted by Crippen LogP contribution is 2.22. The summed E-state index contributed by atoms with van der Waals surface area (Å²) < 4.78 is 5.02. The minimum absolute atomic E-state index is 0.111. The molecule has 2 rings (SSSR count). The quantitative estimate of drug-likeness (QED) is 0.838. The van der Waals surface area contributed by atoms with Crippen molar-refractivity contribution >= 4 is 12.0 Å². The summed E-state index contributed by atoms with van der Waals surface area (Å²) in [5.74, 6) is 0.765. The summed E-state index contributed by atoms with van der Waals surface area (Å²) >= 11 is 0. The number of hydrogen-bond acceptors (Lipinski definition) is 4. The Morgan fingerprint density at radius 2 is 1.78 bits per heavy atom. The number of hydrogen-bond donors (Lipinski definition) is 1. The maximum Gasteiger partial charge on any atom is 0.409 e. The van der Waals surface area contributed by atoms with Gasteiger partial charge >= 0.3 is 6.09 Å². The van der Waals surface area contributed by atoms with Crippen LogP contribution in [0.1, 0.15) is 46.0 Å². The summed E-state index contributed by atoms with van der Waals surface area (Å²) in [6.07, 6.45) is 6.17. The fourth-order valence-electron chi connectivity index (χ4n) is 3.46. The van der Waals surface area contributed by atoms with Crippen LogP contribution in [0.2, 0.25) is 0 Å². The monoisotopic (exact) mass is 325 g/mol. The van der Waals surface area contributed by atoms with E-state index < -0.39 is 0 Å². The summed E-state index contributed by atoms with van der Waals surface area (Å²) in [6, 6.07) is -0.136. The molecule has 2 fully saturated rings. The van der Waals surface area contributed by atoms with E-state index in [0.29, 0.717) is 25.6 Å². The van der Waals surface area contributed by atoms with E-state index in [1.165, 1.54) is 32.1 Å². The third-order valence-electron chi connectivity index (χ3n) is 5.06. The van der Waals surface area contributed by atoms with Crippen molar-refractivity contribution in [1.82, 2.24) is 15.1 Å². The third-order valence-corrected chi connectivity index (χ3v) is 5.06. The fraction of sp³-hybridized carbons (Fsp3) is 0.882. The Balaban J connectivity index is 1.69. The highest BCUT2D eigenvalue weighted by Gasteiger charge is 2.28. The smallest absolute Gasteiger partial charge is 0.409 e. The Bertz CT molecular complexity index is 389. The second kappa shape index (κ2) is 9.11. The van der Waals surface area contributed by atoms with E-state index in [0.717, 1.165) is 19.6 Å². The molecule has 0 spiro atoms. The number of nitrogens with zero attached hydrogens (tertiary/aromatic N) is 2. The maximum absolute atomic E-state index is 12.3. The van der Waals surface area contributed by atoms with Crippen LogP contribution < -0.4 is 5.32 Å². The summed E-state index contributed by atoms with van der Waals surface area (Å²) in [7, 11) is 0. The Morgan fingerprint density at radius 3 is 2.39 bits per heavy atom. The molecule has 0 aromatic heterocycles. The minimum Gasteiger partial charge on any atom is -0.450 e. The molecule has 1 aliphatic carbocycles. The lowest BCUT2D eigenvalue weighted by atomic mass is 9.89. The number of carbonyl (C=O) groups is 2. The van der Waals surface area contributed by atoms with Gasteiger partial charge in [0.2, 0.25) is 5.91 Å². The van der Waals surface area contributed by atoms with Crippen molar-refractivity contribution in [2.24, 2.45) is 5.92 Å². The van der Waals surface area contributed by atoms with Crippen LogP contribution in [0.25, 0.3) is 0 Å². The van der Waals surface area contributed by atoms with Gasteiger partial charge in [0.15, 0.2) is 0 Å². The minimum atomic E-state index is -0.249. The molecule has 2 amide bonds. The Labute approximate surface area is 139 Å². The zero-order valence-corrected chi connectivity index (χ0v) is 14.6. The van der Waals surface area contributed by atoms with Gasteiger partial charge in [-0.25, -0.2) is 4.79 Å². The van der Waals surface area contributed by atoms with Crippen molar-refractivity contribution in [3.63, 3.8) is 0 Å². The average molecular weight is 325 g/mol. The fourth-order valence-corrected chi connectivity index (χ4v) is 3.46. The van der Waals surface area contributed by atoms with E-state index >= 15 is 0 Å². The van der Waals surface area contributed by atoms with Gasteiger partial charge in [0.05, 0.1) is 12.6 Å². The summed E-state index contributed by atoms with van der Waals surface area (Å²) in [5, 5.41) is 3.12. The summed E-state index contributed by atoms with van der Waals surface area (Å²) in [5.41, 5.74) is 0. The highest BCUT2D eigenvalue weighted by molar-refractivity contribution is 5.81. The van der Waals surface area contributed by atoms with E-state index in [2.05, 4.69) is 10.2 Å². The number of amides is 2. The molecule has 1 atom stereocenters. The van der Waals surface area contributed by atoms with Crippen molar-refractivity contribution in [1.29, 1.82) is 0 Å². The lowest BCUT2D eigenvalue weighted by Crippen LogP contribution is -2.55. The molecular formula is C17H31N3O3. The van der Waals surface area contributed by atoms with Crippen LogP contribution in [0.5, 0.6) is 0 Å². The van der Waals surface area contributed by atoms with E-state index in [-0.39, 0.29) is 18.0 Å². The second-order valence-electron chi connectivity index (χ2n) is 6.65. The summed E-state index contributed by atoms with van der Waals surface area (Å²) in [6.45, 7) is 7.67. The molecule has 1 aliphatic heterocycles. The zero-order chi connectivity index (χ0) is 16.7. The first-order valence-corrected chi connectivity index (χ1v) is 9.05. The van der Waals surface area contributed by atoms with Crippen LogP contribution in [0, 0.1) is 5.92 Å². The van der Waals surface area contributed by atoms with Gasteiger partial charge < -0.3 is 15.0 Å². The molecule has 1 saturated carbocycles. The molecule has 1 unspecified atom stereocenters. The van der Waals surface area contributed by atoms with E-state index in [9.17, 15) is 9.59 Å². The highest BCUT2D eigenvalue weighted by atomic mass is 16.6. The molecule has 1 saturated heterocycles. The molecule has 6 heteroatoms. The number of ether oxygens (including phenoxy) is 1. The number of piperazine rings is 1. The molecule has 1 N–H and O–H groups in total. The molecule has 2 aliphatic rings. The largest absolute Gasteiger partial charge is 0.450 e. The number of rotatable bonds is 5. The number of nitrogens with one attached hydrogen (secondary N) is 1. The van der Waals surface area contributed by atoms with Crippen molar-refractivity contribution in [3.8, 4) is 0 Å². The predicted octanol–water partition coefficient (Wildman–Crippen LogP) is 1.85. The molecule has 0 radical (unpaired) electrons. The third kappa shape index (κ3) is 5.37. The normalized spacial score (nSPS) is 21.7. The van der Waals surface area contributed by atoms with Gasteiger partial charge in [0.1, 0.15) is 0 Å². The SMILES string of the molecule is CCOC(=O)N1CCN(C(C)C(=O)NCC2CCCCC2)CC1. The standard InChI is InChI=1S/C17H31N3O3/c1-3-23-17(22)20-11-9-19(10-12-20)14(2)16(21)18-13-15-7-5-4-6-8-15/h14-15H,3-13H2,1-2H3,(H,18,21). The van der Waals surface area contributed by atoms with Crippen molar-refractivity contribution < 1.29 is 14.3 Å². The van der Waals surface area contributed by atoms with Crippen LogP contribution in [-0.2, 0) is 9.53 Å². The van der Waals surface area contributed by atoms with Gasteiger partial charge in [0, 0.05) is 32.7 Å². The van der Waals surface area contributed by atoms with Crippen LogP contribution in [0.15, 0.2) is 0 Å². The Hall–Kier alpha value is -1.30. The molecule has 0 aromatic rings. The van der Waals surface area contributed by atoms with E-state index in [1.807, 2.05) is 13.8 Å². The number of carbonyl (C=O) groups excluding carboxylic acids is 2. The molecule has 6 nitrogen and oxygen atoms in total. The topological polar surface area (TPSA) is 61.9 Å². The lowest BCUT2D eigenvalue weighted by Gasteiger charge is -2.37. The second-order valence-corrected chi connectivity index (χ2v) is 6.65.